The molecule has 3 aliphatic rings. The van der Waals surface area contributed by atoms with Gasteiger partial charge < -0.3 is 14.6 Å². The molecule has 2 aromatic carbocycles. The molecule has 3 atom stereocenters. The van der Waals surface area contributed by atoms with Crippen LogP contribution in [0, 0.1) is 11.7 Å². The van der Waals surface area contributed by atoms with Crippen molar-refractivity contribution < 1.29 is 18.4 Å². The van der Waals surface area contributed by atoms with E-state index < -0.39 is 11.8 Å². The fourth-order valence-corrected chi connectivity index (χ4v) is 7.28. The van der Waals surface area contributed by atoms with Crippen LogP contribution in [-0.2, 0) is 11.3 Å². The van der Waals surface area contributed by atoms with Gasteiger partial charge in [-0.1, -0.05) is 45.8 Å². The first-order valence-corrected chi connectivity index (χ1v) is 14.4. The molecule has 2 aromatic heterocycles. The number of carbonyl (C=O) groups is 1. The number of ether oxygens (including phenoxy) is 1. The van der Waals surface area contributed by atoms with E-state index in [4.69, 9.17) is 32.5 Å². The van der Waals surface area contributed by atoms with Gasteiger partial charge in [-0.25, -0.2) is 19.6 Å². The van der Waals surface area contributed by atoms with E-state index in [-0.39, 0.29) is 23.2 Å². The second-order valence-corrected chi connectivity index (χ2v) is 12.0. The number of methoxy groups -OCH3 is 1. The Morgan fingerprint density at radius 1 is 1.31 bits per heavy atom. The van der Waals surface area contributed by atoms with E-state index in [1.54, 1.807) is 6.07 Å². The van der Waals surface area contributed by atoms with Crippen LogP contribution in [0.25, 0.3) is 21.5 Å². The average molecular weight is 588 g/mol. The molecule has 2 saturated carbocycles. The van der Waals surface area contributed by atoms with E-state index in [2.05, 4.69) is 20.9 Å². The van der Waals surface area contributed by atoms with Crippen LogP contribution < -0.4 is 15.8 Å². The number of benzene rings is 2. The summed E-state index contributed by atoms with van der Waals surface area (Å²) in [6.45, 7) is 1.37. The van der Waals surface area contributed by atoms with E-state index in [0.29, 0.717) is 49.5 Å². The third kappa shape index (κ3) is 4.29. The van der Waals surface area contributed by atoms with Crippen LogP contribution in [0.2, 0.25) is 10.0 Å². The maximum Gasteiger partial charge on any atom is 0.338 e. The minimum Gasteiger partial charge on any atom is -0.465 e. The highest BCUT2D eigenvalue weighted by molar-refractivity contribution is 7.22. The second-order valence-electron chi connectivity index (χ2n) is 10.2. The van der Waals surface area contributed by atoms with Gasteiger partial charge in [0.2, 0.25) is 5.13 Å². The lowest BCUT2D eigenvalue weighted by molar-refractivity contribution is 0.0600. The summed E-state index contributed by atoms with van der Waals surface area (Å²) in [6.07, 6.45) is 3.08. The number of carbonyl (C=O) groups excluding carboxylic acids is 1. The Balaban J connectivity index is 1.08. The van der Waals surface area contributed by atoms with Gasteiger partial charge >= 0.3 is 5.97 Å². The average Bonchev–Trinajstić information content (AvgIpc) is 3.38. The number of esters is 1. The molecule has 8 nitrogen and oxygen atoms in total. The molecule has 0 spiro atoms. The Morgan fingerprint density at radius 2 is 2.10 bits per heavy atom. The molecule has 7 rings (SSSR count). The van der Waals surface area contributed by atoms with Crippen LogP contribution in [0.5, 0.6) is 0 Å². The normalized spacial score (nSPS) is 22.3. The largest absolute Gasteiger partial charge is 0.465 e. The van der Waals surface area contributed by atoms with Crippen molar-refractivity contribution in [3.05, 3.63) is 63.1 Å². The van der Waals surface area contributed by atoms with Gasteiger partial charge in [-0.3, -0.25) is 5.01 Å². The summed E-state index contributed by atoms with van der Waals surface area (Å²) < 4.78 is 25.8. The highest BCUT2D eigenvalue weighted by Crippen LogP contribution is 2.46. The molecule has 0 amide bonds. The predicted octanol–water partition coefficient (Wildman–Crippen LogP) is 5.93. The Morgan fingerprint density at radius 3 is 2.85 bits per heavy atom. The van der Waals surface area contributed by atoms with Crippen molar-refractivity contribution >= 4 is 55.9 Å². The number of aromatic nitrogens is 2. The first-order valence-electron chi connectivity index (χ1n) is 12.8. The van der Waals surface area contributed by atoms with Gasteiger partial charge in [-0.2, -0.15) is 0 Å². The molecule has 0 radical (unpaired) electrons. The second kappa shape index (κ2) is 9.71. The predicted molar refractivity (Wildman–Crippen MR) is 148 cm³/mol. The van der Waals surface area contributed by atoms with Gasteiger partial charge in [0, 0.05) is 42.1 Å². The number of halogens is 3. The van der Waals surface area contributed by atoms with Crippen LogP contribution in [0.3, 0.4) is 0 Å². The lowest BCUT2D eigenvalue weighted by Crippen LogP contribution is -2.56. The fraction of sp³-hybridized carbons (Fsp3) is 0.370. The topological polar surface area (TPSA) is 92.5 Å². The van der Waals surface area contributed by atoms with Gasteiger partial charge in [-0.15, -0.1) is 0 Å². The summed E-state index contributed by atoms with van der Waals surface area (Å²) in [4.78, 5) is 16.4. The zero-order valence-corrected chi connectivity index (χ0v) is 23.2. The van der Waals surface area contributed by atoms with Crippen molar-refractivity contribution in [2.24, 2.45) is 5.92 Å². The van der Waals surface area contributed by atoms with Crippen LogP contribution in [0.4, 0.5) is 9.52 Å². The van der Waals surface area contributed by atoms with Crippen molar-refractivity contribution in [3.63, 3.8) is 0 Å². The molecule has 1 saturated heterocycles. The number of nitrogens with zero attached hydrogens (tertiary/aromatic N) is 3. The van der Waals surface area contributed by atoms with Crippen LogP contribution >= 0.6 is 34.5 Å². The molecule has 202 valence electrons. The van der Waals surface area contributed by atoms with E-state index >= 15 is 0 Å². The highest BCUT2D eigenvalue weighted by Gasteiger charge is 2.49. The monoisotopic (exact) mass is 587 g/mol. The molecule has 0 bridgehead atoms. The number of hydrogen-bond acceptors (Lipinski definition) is 9. The summed E-state index contributed by atoms with van der Waals surface area (Å²) in [5, 5.41) is 11.9. The first kappa shape index (κ1) is 25.2. The molecule has 3 heterocycles. The molecular formula is C27H24Cl2FN5O3S. The van der Waals surface area contributed by atoms with Crippen molar-refractivity contribution in [1.29, 1.82) is 0 Å². The molecular weight excluding hydrogens is 564 g/mol. The zero-order chi connectivity index (χ0) is 26.8. The van der Waals surface area contributed by atoms with Crippen molar-refractivity contribution in [1.82, 2.24) is 20.9 Å². The van der Waals surface area contributed by atoms with E-state index in [9.17, 15) is 9.18 Å². The van der Waals surface area contributed by atoms with Crippen LogP contribution in [0.15, 0.2) is 34.9 Å². The third-order valence-electron chi connectivity index (χ3n) is 7.91. The van der Waals surface area contributed by atoms with Crippen molar-refractivity contribution in [2.45, 2.75) is 43.8 Å². The molecule has 12 heteroatoms. The summed E-state index contributed by atoms with van der Waals surface area (Å²) in [7, 11) is 1.28. The van der Waals surface area contributed by atoms with Crippen LogP contribution in [0.1, 0.15) is 46.9 Å². The minimum absolute atomic E-state index is 0.176. The quantitative estimate of drug-likeness (QED) is 0.257. The van der Waals surface area contributed by atoms with Gasteiger partial charge in [0.1, 0.15) is 17.0 Å². The maximum absolute atomic E-state index is 14.7. The highest BCUT2D eigenvalue weighted by atomic mass is 35.5. The molecule has 39 heavy (non-hydrogen) atoms. The molecule has 4 aromatic rings. The Labute approximate surface area is 237 Å². The molecule has 3 fully saturated rings. The van der Waals surface area contributed by atoms with Crippen LogP contribution in [-0.4, -0.2) is 41.8 Å². The van der Waals surface area contributed by atoms with E-state index in [0.717, 1.165) is 37.1 Å². The Hall–Kier alpha value is -2.76. The zero-order valence-electron chi connectivity index (χ0n) is 20.8. The maximum atomic E-state index is 14.7. The lowest BCUT2D eigenvalue weighted by Gasteiger charge is -2.42. The summed E-state index contributed by atoms with van der Waals surface area (Å²) in [6, 6.07) is 8.75. The number of hydrazine groups is 1. The van der Waals surface area contributed by atoms with Crippen molar-refractivity contribution in [3.8, 4) is 11.3 Å². The number of nitrogens with one attached hydrogen (secondary N) is 2. The summed E-state index contributed by atoms with van der Waals surface area (Å²) >= 11 is 14.4. The van der Waals surface area contributed by atoms with Gasteiger partial charge in [0.15, 0.2) is 5.82 Å². The number of hydrogen-bond donors (Lipinski definition) is 2. The Kier molecular flexibility index (Phi) is 6.28. The minimum atomic E-state index is -0.573. The SMILES string of the molecule is COC(=O)c1cc(F)c2nc(N3NCC4C(NCc5c(-c6c(Cl)cccc6Cl)noc5C5CC5)CC43)sc2c1. The third-order valence-corrected chi connectivity index (χ3v) is 9.54. The molecule has 3 unspecified atom stereocenters. The van der Waals surface area contributed by atoms with Gasteiger partial charge in [-0.05, 0) is 43.5 Å². The molecule has 2 aliphatic carbocycles. The standard InChI is InChI=1S/C27H24Cl2FN5O3S/c1-37-26(36)13-7-18(30)24-21(8-13)39-27(33-24)35-20-9-19(14(20)11-32-35)31-10-15-23(34-38-25(15)12-5-6-12)22-16(28)3-2-4-17(22)29/h2-4,7-8,12,14,19-20,31-32H,5-6,9-11H2,1H3. The summed E-state index contributed by atoms with van der Waals surface area (Å²) in [5.41, 5.74) is 6.29. The molecule has 1 aliphatic heterocycles. The smallest absolute Gasteiger partial charge is 0.338 e. The fourth-order valence-electron chi connectivity index (χ4n) is 5.65. The number of rotatable bonds is 7. The number of thiazole rings is 1. The van der Waals surface area contributed by atoms with Crippen molar-refractivity contribution in [2.75, 3.05) is 18.7 Å². The lowest BCUT2D eigenvalue weighted by atomic mass is 9.75. The Bertz CT molecular complexity index is 1590. The summed E-state index contributed by atoms with van der Waals surface area (Å²) in [5.74, 6) is 0.549. The number of fused-ring (bicyclic) bond motifs is 2. The van der Waals surface area contributed by atoms with Gasteiger partial charge in [0.05, 0.1) is 33.5 Å². The van der Waals surface area contributed by atoms with E-state index in [1.807, 2.05) is 23.2 Å². The number of anilines is 1. The first-order chi connectivity index (χ1) is 18.9. The molecule has 2 N–H and O–H groups in total. The van der Waals surface area contributed by atoms with E-state index in [1.165, 1.54) is 24.5 Å². The van der Waals surface area contributed by atoms with Gasteiger partial charge in [0.25, 0.3) is 0 Å².